The van der Waals surface area contributed by atoms with Crippen molar-refractivity contribution in [2.24, 2.45) is 11.8 Å². The monoisotopic (exact) mass is 280 g/mol. The summed E-state index contributed by atoms with van der Waals surface area (Å²) in [5, 5.41) is 8.00. The molecule has 0 spiro atoms. The van der Waals surface area contributed by atoms with Crippen molar-refractivity contribution in [2.75, 3.05) is 19.8 Å². The van der Waals surface area contributed by atoms with Gasteiger partial charge >= 0.3 is 0 Å². The van der Waals surface area contributed by atoms with Crippen LogP contribution in [0.4, 0.5) is 0 Å². The van der Waals surface area contributed by atoms with E-state index in [0.717, 1.165) is 51.4 Å². The lowest BCUT2D eigenvalue weighted by Gasteiger charge is -2.30. The molecule has 2 heterocycles. The van der Waals surface area contributed by atoms with E-state index in [1.165, 1.54) is 0 Å². The van der Waals surface area contributed by atoms with Crippen LogP contribution in [0.3, 0.4) is 0 Å². The third kappa shape index (κ3) is 4.28. The zero-order valence-electron chi connectivity index (χ0n) is 13.0. The molecule has 5 heteroatoms. The molecule has 5 nitrogen and oxygen atoms in total. The average molecular weight is 280 g/mol. The summed E-state index contributed by atoms with van der Waals surface area (Å²) in [5.41, 5.74) is 0. The highest BCUT2D eigenvalue weighted by molar-refractivity contribution is 4.93. The van der Waals surface area contributed by atoms with Gasteiger partial charge in [0.2, 0.25) is 0 Å². The van der Waals surface area contributed by atoms with Crippen molar-refractivity contribution < 1.29 is 4.74 Å². The number of ether oxygens (including phenoxy) is 1. The van der Waals surface area contributed by atoms with E-state index in [0.29, 0.717) is 17.9 Å². The lowest BCUT2D eigenvalue weighted by Crippen LogP contribution is -2.41. The van der Waals surface area contributed by atoms with Crippen molar-refractivity contribution >= 4 is 0 Å². The second kappa shape index (κ2) is 7.74. The number of rotatable bonds is 7. The number of nitrogens with zero attached hydrogens (tertiary/aromatic N) is 3. The van der Waals surface area contributed by atoms with Crippen molar-refractivity contribution in [2.45, 2.75) is 52.6 Å². The van der Waals surface area contributed by atoms with Gasteiger partial charge in [0, 0.05) is 32.2 Å². The standard InChI is InChI=1S/C15H28N4O/c1-4-16-14(13-5-7-20-8-6-13)9-15-17-11-18-19(15)10-12(2)3/h11-14,16H,4-10H2,1-3H3. The van der Waals surface area contributed by atoms with Gasteiger partial charge in [-0.1, -0.05) is 20.8 Å². The van der Waals surface area contributed by atoms with E-state index >= 15 is 0 Å². The van der Waals surface area contributed by atoms with Crippen LogP contribution in [-0.2, 0) is 17.7 Å². The molecule has 1 saturated heterocycles. The maximum atomic E-state index is 5.48. The Labute approximate surface area is 122 Å². The summed E-state index contributed by atoms with van der Waals surface area (Å²) in [6, 6.07) is 0.485. The van der Waals surface area contributed by atoms with Gasteiger partial charge in [0.15, 0.2) is 0 Å². The third-order valence-electron chi connectivity index (χ3n) is 3.94. The van der Waals surface area contributed by atoms with Crippen molar-refractivity contribution in [1.29, 1.82) is 0 Å². The highest BCUT2D eigenvalue weighted by Gasteiger charge is 2.25. The molecule has 0 radical (unpaired) electrons. The summed E-state index contributed by atoms with van der Waals surface area (Å²) in [6.45, 7) is 10.3. The Morgan fingerprint density at radius 3 is 2.80 bits per heavy atom. The van der Waals surface area contributed by atoms with Crippen molar-refractivity contribution in [3.63, 3.8) is 0 Å². The summed E-state index contributed by atoms with van der Waals surface area (Å²) in [5.74, 6) is 2.39. The first-order valence-corrected chi connectivity index (χ1v) is 7.88. The Hall–Kier alpha value is -0.940. The summed E-state index contributed by atoms with van der Waals surface area (Å²) >= 11 is 0. The zero-order valence-corrected chi connectivity index (χ0v) is 13.0. The molecule has 20 heavy (non-hydrogen) atoms. The van der Waals surface area contributed by atoms with Gasteiger partial charge in [0.25, 0.3) is 0 Å². The first-order chi connectivity index (χ1) is 9.70. The second-order valence-corrected chi connectivity index (χ2v) is 6.07. The Morgan fingerprint density at radius 2 is 2.15 bits per heavy atom. The first-order valence-electron chi connectivity index (χ1n) is 7.88. The van der Waals surface area contributed by atoms with Crippen LogP contribution in [0.1, 0.15) is 39.4 Å². The topological polar surface area (TPSA) is 52.0 Å². The van der Waals surface area contributed by atoms with Crippen LogP contribution >= 0.6 is 0 Å². The molecule has 0 saturated carbocycles. The molecule has 1 aliphatic rings. The van der Waals surface area contributed by atoms with Gasteiger partial charge in [-0.05, 0) is 31.2 Å². The molecule has 1 aliphatic heterocycles. The van der Waals surface area contributed by atoms with Crippen molar-refractivity contribution in [1.82, 2.24) is 20.1 Å². The van der Waals surface area contributed by atoms with Gasteiger partial charge < -0.3 is 10.1 Å². The molecule has 2 rings (SSSR count). The number of likely N-dealkylation sites (N-methyl/N-ethyl adjacent to an activating group) is 1. The molecule has 0 aromatic carbocycles. The Bertz CT molecular complexity index is 385. The van der Waals surface area contributed by atoms with E-state index in [-0.39, 0.29) is 0 Å². The van der Waals surface area contributed by atoms with E-state index < -0.39 is 0 Å². The lowest BCUT2D eigenvalue weighted by atomic mass is 9.89. The molecule has 114 valence electrons. The quantitative estimate of drug-likeness (QED) is 0.828. The fourth-order valence-electron chi connectivity index (χ4n) is 2.93. The predicted molar refractivity (Wildman–Crippen MR) is 79.6 cm³/mol. The minimum atomic E-state index is 0.485. The van der Waals surface area contributed by atoms with E-state index in [9.17, 15) is 0 Å². The highest BCUT2D eigenvalue weighted by atomic mass is 16.5. The lowest BCUT2D eigenvalue weighted by molar-refractivity contribution is 0.0535. The van der Waals surface area contributed by atoms with Crippen LogP contribution in [0.15, 0.2) is 6.33 Å². The van der Waals surface area contributed by atoms with Crippen LogP contribution in [0.25, 0.3) is 0 Å². The van der Waals surface area contributed by atoms with E-state index in [1.807, 2.05) is 0 Å². The molecular weight excluding hydrogens is 252 g/mol. The molecule has 1 atom stereocenters. The first kappa shape index (κ1) is 15.4. The van der Waals surface area contributed by atoms with Gasteiger partial charge in [-0.15, -0.1) is 0 Å². The Balaban J connectivity index is 2.01. The van der Waals surface area contributed by atoms with Crippen LogP contribution in [0.2, 0.25) is 0 Å². The molecule has 1 N–H and O–H groups in total. The van der Waals surface area contributed by atoms with Gasteiger partial charge in [0.05, 0.1) is 0 Å². The molecule has 0 amide bonds. The van der Waals surface area contributed by atoms with E-state index in [1.54, 1.807) is 6.33 Å². The average Bonchev–Trinajstić information content (AvgIpc) is 2.86. The number of hydrogen-bond acceptors (Lipinski definition) is 4. The molecule has 1 aromatic heterocycles. The molecule has 0 bridgehead atoms. The van der Waals surface area contributed by atoms with Crippen LogP contribution in [0, 0.1) is 11.8 Å². The Kier molecular flexibility index (Phi) is 5.98. The maximum absolute atomic E-state index is 5.48. The molecular formula is C15H28N4O. The van der Waals surface area contributed by atoms with Crippen LogP contribution in [-0.4, -0.2) is 40.6 Å². The molecule has 1 fully saturated rings. The normalized spacial score (nSPS) is 18.6. The van der Waals surface area contributed by atoms with Gasteiger partial charge in [0.1, 0.15) is 12.2 Å². The molecule has 1 unspecified atom stereocenters. The molecule has 0 aliphatic carbocycles. The van der Waals surface area contributed by atoms with Crippen LogP contribution < -0.4 is 5.32 Å². The maximum Gasteiger partial charge on any atom is 0.138 e. The minimum absolute atomic E-state index is 0.485. The summed E-state index contributed by atoms with van der Waals surface area (Å²) < 4.78 is 7.54. The van der Waals surface area contributed by atoms with Crippen molar-refractivity contribution in [3.8, 4) is 0 Å². The minimum Gasteiger partial charge on any atom is -0.381 e. The van der Waals surface area contributed by atoms with E-state index in [4.69, 9.17) is 4.74 Å². The van der Waals surface area contributed by atoms with Crippen molar-refractivity contribution in [3.05, 3.63) is 12.2 Å². The summed E-state index contributed by atoms with van der Waals surface area (Å²) in [4.78, 5) is 4.47. The fourth-order valence-corrected chi connectivity index (χ4v) is 2.93. The third-order valence-corrected chi connectivity index (χ3v) is 3.94. The fraction of sp³-hybridized carbons (Fsp3) is 0.867. The number of hydrogen-bond donors (Lipinski definition) is 1. The SMILES string of the molecule is CCNC(Cc1ncnn1CC(C)C)C1CCOCC1. The van der Waals surface area contributed by atoms with Gasteiger partial charge in [-0.3, -0.25) is 0 Å². The predicted octanol–water partition coefficient (Wildman–Crippen LogP) is 1.88. The van der Waals surface area contributed by atoms with Gasteiger partial charge in [-0.25, -0.2) is 9.67 Å². The van der Waals surface area contributed by atoms with Crippen LogP contribution in [0.5, 0.6) is 0 Å². The number of aromatic nitrogens is 3. The molecule has 1 aromatic rings. The van der Waals surface area contributed by atoms with Gasteiger partial charge in [-0.2, -0.15) is 5.10 Å². The second-order valence-electron chi connectivity index (χ2n) is 6.07. The summed E-state index contributed by atoms with van der Waals surface area (Å²) in [7, 11) is 0. The van der Waals surface area contributed by atoms with E-state index in [2.05, 4.69) is 40.9 Å². The highest BCUT2D eigenvalue weighted by Crippen LogP contribution is 2.21. The smallest absolute Gasteiger partial charge is 0.138 e. The Morgan fingerprint density at radius 1 is 1.40 bits per heavy atom. The number of nitrogens with one attached hydrogen (secondary N) is 1. The largest absolute Gasteiger partial charge is 0.381 e. The summed E-state index contributed by atoms with van der Waals surface area (Å²) in [6.07, 6.45) is 4.95. The zero-order chi connectivity index (χ0) is 14.4.